The van der Waals surface area contributed by atoms with Crippen molar-refractivity contribution in [3.8, 4) is 5.75 Å². The average molecular weight is 405 g/mol. The lowest BCUT2D eigenvalue weighted by atomic mass is 10.2. The van der Waals surface area contributed by atoms with E-state index in [1.54, 1.807) is 31.2 Å². The van der Waals surface area contributed by atoms with Crippen LogP contribution in [0, 0.1) is 13.8 Å². The average Bonchev–Trinajstić information content (AvgIpc) is 3.29. The number of sulfone groups is 1. The second-order valence-electron chi connectivity index (χ2n) is 7.28. The molecular weight excluding hydrogens is 376 g/mol. The van der Waals surface area contributed by atoms with Gasteiger partial charge in [-0.15, -0.1) is 0 Å². The maximum absolute atomic E-state index is 13.5. The lowest BCUT2D eigenvalue weighted by Crippen LogP contribution is -2.18. The van der Waals surface area contributed by atoms with Crippen molar-refractivity contribution in [2.75, 3.05) is 12.4 Å². The van der Waals surface area contributed by atoms with Crippen LogP contribution in [0.15, 0.2) is 34.1 Å². The highest BCUT2D eigenvalue weighted by molar-refractivity contribution is 7.91. The number of amides is 1. The van der Waals surface area contributed by atoms with Crippen molar-refractivity contribution in [1.82, 2.24) is 4.57 Å². The van der Waals surface area contributed by atoms with Gasteiger partial charge in [-0.05, 0) is 56.5 Å². The molecule has 1 heterocycles. The van der Waals surface area contributed by atoms with Crippen LogP contribution in [0.4, 0.5) is 5.82 Å². The Morgan fingerprint density at radius 1 is 1.18 bits per heavy atom. The van der Waals surface area contributed by atoms with Crippen molar-refractivity contribution >= 4 is 21.6 Å². The van der Waals surface area contributed by atoms with Crippen LogP contribution in [0.25, 0.3) is 0 Å². The minimum absolute atomic E-state index is 0.187. The minimum atomic E-state index is -3.80. The molecule has 0 saturated heterocycles. The van der Waals surface area contributed by atoms with Crippen molar-refractivity contribution in [1.29, 1.82) is 0 Å². The van der Waals surface area contributed by atoms with E-state index in [1.807, 2.05) is 18.4 Å². The molecule has 1 amide bonds. The van der Waals surface area contributed by atoms with Gasteiger partial charge in [-0.3, -0.25) is 4.79 Å². The van der Waals surface area contributed by atoms with Gasteiger partial charge in [-0.1, -0.05) is 19.8 Å². The molecule has 0 spiro atoms. The number of ether oxygens (including phenoxy) is 1. The Kier molecular flexibility index (Phi) is 5.84. The molecular formula is C21H28N2O4S. The maximum Gasteiger partial charge on any atom is 0.225 e. The minimum Gasteiger partial charge on any atom is -0.497 e. The number of rotatable bonds is 6. The van der Waals surface area contributed by atoms with Crippen molar-refractivity contribution in [2.24, 2.45) is 0 Å². The maximum atomic E-state index is 13.5. The Labute approximate surface area is 166 Å². The lowest BCUT2D eigenvalue weighted by molar-refractivity contribution is -0.115. The summed E-state index contributed by atoms with van der Waals surface area (Å²) in [4.78, 5) is 12.6. The summed E-state index contributed by atoms with van der Waals surface area (Å²) in [7, 11) is -2.26. The third-order valence-electron chi connectivity index (χ3n) is 5.61. The third-order valence-corrected chi connectivity index (χ3v) is 7.54. The van der Waals surface area contributed by atoms with E-state index >= 15 is 0 Å². The van der Waals surface area contributed by atoms with Crippen molar-refractivity contribution < 1.29 is 17.9 Å². The number of carbonyl (C=O) groups is 1. The number of carbonyl (C=O) groups excluding carboxylic acids is 1. The first kappa shape index (κ1) is 20.5. The summed E-state index contributed by atoms with van der Waals surface area (Å²) in [5, 5.41) is 2.89. The highest BCUT2D eigenvalue weighted by atomic mass is 32.2. The molecule has 1 aliphatic carbocycles. The molecule has 152 valence electrons. The van der Waals surface area contributed by atoms with E-state index < -0.39 is 9.84 Å². The van der Waals surface area contributed by atoms with Crippen LogP contribution in [0.1, 0.15) is 56.3 Å². The van der Waals surface area contributed by atoms with E-state index in [0.717, 1.165) is 31.4 Å². The number of methoxy groups -OCH3 is 1. The Balaban J connectivity index is 2.20. The summed E-state index contributed by atoms with van der Waals surface area (Å²) in [6.45, 7) is 5.51. The van der Waals surface area contributed by atoms with Gasteiger partial charge in [0.05, 0.1) is 12.0 Å². The molecule has 28 heavy (non-hydrogen) atoms. The summed E-state index contributed by atoms with van der Waals surface area (Å²) in [6, 6.07) is 6.56. The first-order valence-corrected chi connectivity index (χ1v) is 11.2. The van der Waals surface area contributed by atoms with E-state index in [1.165, 1.54) is 7.11 Å². The Morgan fingerprint density at radius 3 is 2.32 bits per heavy atom. The standard InChI is InChI=1S/C21H28N2O4S/c1-5-19(24)22-21-20(14(2)15(3)23(21)16-8-6-7-9-16)28(25,26)18-12-10-17(27-4)11-13-18/h10-13,16H,5-9H2,1-4H3,(H,22,24). The Bertz CT molecular complexity index is 969. The summed E-state index contributed by atoms with van der Waals surface area (Å²) in [6.07, 6.45) is 4.50. The molecule has 1 aliphatic rings. The fourth-order valence-corrected chi connectivity index (χ4v) is 5.64. The van der Waals surface area contributed by atoms with Gasteiger partial charge in [0.2, 0.25) is 15.7 Å². The van der Waals surface area contributed by atoms with Crippen LogP contribution in [0.5, 0.6) is 5.75 Å². The van der Waals surface area contributed by atoms with Crippen LogP contribution in [0.2, 0.25) is 0 Å². The third kappa shape index (κ3) is 3.55. The molecule has 0 atom stereocenters. The van der Waals surface area contributed by atoms with Gasteiger partial charge in [-0.25, -0.2) is 8.42 Å². The molecule has 6 nitrogen and oxygen atoms in total. The Morgan fingerprint density at radius 2 is 1.79 bits per heavy atom. The molecule has 2 aromatic rings. The number of benzene rings is 1. The van der Waals surface area contributed by atoms with E-state index in [-0.39, 0.29) is 28.2 Å². The molecule has 3 rings (SSSR count). The summed E-state index contributed by atoms with van der Waals surface area (Å²) in [5.41, 5.74) is 1.58. The molecule has 1 aromatic heterocycles. The number of nitrogens with one attached hydrogen (secondary N) is 1. The fraction of sp³-hybridized carbons (Fsp3) is 0.476. The predicted octanol–water partition coefficient (Wildman–Crippen LogP) is 4.41. The number of nitrogens with zero attached hydrogens (tertiary/aromatic N) is 1. The van der Waals surface area contributed by atoms with Crippen LogP contribution >= 0.6 is 0 Å². The monoisotopic (exact) mass is 404 g/mol. The second kappa shape index (κ2) is 7.99. The van der Waals surface area contributed by atoms with Crippen LogP contribution in [0.3, 0.4) is 0 Å². The van der Waals surface area contributed by atoms with Gasteiger partial charge in [0.15, 0.2) is 0 Å². The van der Waals surface area contributed by atoms with E-state index in [9.17, 15) is 13.2 Å². The van der Waals surface area contributed by atoms with Crippen molar-refractivity contribution in [3.63, 3.8) is 0 Å². The molecule has 1 aromatic carbocycles. The number of aromatic nitrogens is 1. The van der Waals surface area contributed by atoms with Gasteiger partial charge in [0, 0.05) is 18.2 Å². The first-order valence-electron chi connectivity index (χ1n) is 9.71. The normalized spacial score (nSPS) is 15.0. The molecule has 1 fully saturated rings. The number of hydrogen-bond acceptors (Lipinski definition) is 4. The van der Waals surface area contributed by atoms with Crippen molar-refractivity contribution in [3.05, 3.63) is 35.5 Å². The van der Waals surface area contributed by atoms with Gasteiger partial charge in [0.25, 0.3) is 0 Å². The molecule has 1 saturated carbocycles. The number of anilines is 1. The quantitative estimate of drug-likeness (QED) is 0.774. The molecule has 0 radical (unpaired) electrons. The van der Waals surface area contributed by atoms with Crippen LogP contribution < -0.4 is 10.1 Å². The highest BCUT2D eigenvalue weighted by Crippen LogP contribution is 2.41. The van der Waals surface area contributed by atoms with Gasteiger partial charge in [0.1, 0.15) is 16.5 Å². The van der Waals surface area contributed by atoms with E-state index in [4.69, 9.17) is 4.74 Å². The van der Waals surface area contributed by atoms with E-state index in [0.29, 0.717) is 17.1 Å². The van der Waals surface area contributed by atoms with Crippen molar-refractivity contribution in [2.45, 2.75) is 68.7 Å². The zero-order valence-electron chi connectivity index (χ0n) is 16.9. The molecule has 0 aliphatic heterocycles. The Hall–Kier alpha value is -2.28. The highest BCUT2D eigenvalue weighted by Gasteiger charge is 2.33. The summed E-state index contributed by atoms with van der Waals surface area (Å²) >= 11 is 0. The summed E-state index contributed by atoms with van der Waals surface area (Å²) in [5.74, 6) is 0.808. The second-order valence-corrected chi connectivity index (χ2v) is 9.16. The fourth-order valence-electron chi connectivity index (χ4n) is 3.96. The topological polar surface area (TPSA) is 77.4 Å². The lowest BCUT2D eigenvalue weighted by Gasteiger charge is -2.19. The smallest absolute Gasteiger partial charge is 0.225 e. The van der Waals surface area contributed by atoms with Gasteiger partial charge < -0.3 is 14.6 Å². The van der Waals surface area contributed by atoms with Crippen LogP contribution in [-0.4, -0.2) is 26.0 Å². The molecule has 1 N–H and O–H groups in total. The number of hydrogen-bond donors (Lipinski definition) is 1. The van der Waals surface area contributed by atoms with Gasteiger partial charge in [-0.2, -0.15) is 0 Å². The molecule has 0 unspecified atom stereocenters. The first-order chi connectivity index (χ1) is 13.3. The SMILES string of the molecule is CCC(=O)Nc1c(S(=O)(=O)c2ccc(OC)cc2)c(C)c(C)n1C1CCCC1. The molecule has 7 heteroatoms. The van der Waals surface area contributed by atoms with E-state index in [2.05, 4.69) is 5.32 Å². The zero-order chi connectivity index (χ0) is 20.5. The predicted molar refractivity (Wildman–Crippen MR) is 109 cm³/mol. The summed E-state index contributed by atoms with van der Waals surface area (Å²) < 4.78 is 34.2. The largest absolute Gasteiger partial charge is 0.497 e. The van der Waals surface area contributed by atoms with Crippen LogP contribution in [-0.2, 0) is 14.6 Å². The van der Waals surface area contributed by atoms with Gasteiger partial charge >= 0.3 is 0 Å². The zero-order valence-corrected chi connectivity index (χ0v) is 17.7. The molecule has 0 bridgehead atoms.